The summed E-state index contributed by atoms with van der Waals surface area (Å²) in [4.78, 5) is 0. The van der Waals surface area contributed by atoms with Crippen LogP contribution in [0.25, 0.3) is 0 Å². The van der Waals surface area contributed by atoms with Crippen molar-refractivity contribution in [2.45, 2.75) is 12.6 Å². The Labute approximate surface area is 71.0 Å². The Kier molecular flexibility index (Phi) is 2.54. The Morgan fingerprint density at radius 1 is 0.923 bits per heavy atom. The summed E-state index contributed by atoms with van der Waals surface area (Å²) in [7, 11) is 0. The maximum atomic E-state index is 12.4. The number of halogens is 5. The van der Waals surface area contributed by atoms with Crippen molar-refractivity contribution in [3.63, 3.8) is 0 Å². The van der Waals surface area contributed by atoms with E-state index in [-0.39, 0.29) is 0 Å². The summed E-state index contributed by atoms with van der Waals surface area (Å²) >= 11 is 0. The van der Waals surface area contributed by atoms with Gasteiger partial charge in [-0.3, -0.25) is 0 Å². The van der Waals surface area contributed by atoms with E-state index in [1.54, 1.807) is 0 Å². The lowest BCUT2D eigenvalue weighted by Crippen LogP contribution is -2.11. The highest BCUT2D eigenvalue weighted by atomic mass is 19.4. The average Bonchev–Trinajstić information content (AvgIpc) is 1.78. The van der Waals surface area contributed by atoms with Crippen LogP contribution < -0.4 is 0 Å². The molecule has 0 bridgehead atoms. The van der Waals surface area contributed by atoms with Crippen LogP contribution in [0.2, 0.25) is 0 Å². The molecule has 0 saturated carbocycles. The van der Waals surface area contributed by atoms with Crippen molar-refractivity contribution in [3.05, 3.63) is 35.4 Å². The van der Waals surface area contributed by atoms with Gasteiger partial charge in [0.1, 0.15) is 11.6 Å². The molecule has 0 aliphatic carbocycles. The van der Waals surface area contributed by atoms with Crippen LogP contribution in [0, 0.1) is 11.6 Å². The largest absolute Gasteiger partial charge is 0.393 e. The molecule has 0 atom stereocenters. The highest BCUT2D eigenvalue weighted by Gasteiger charge is 2.27. The molecule has 5 heteroatoms. The quantitative estimate of drug-likeness (QED) is 0.605. The van der Waals surface area contributed by atoms with Gasteiger partial charge in [-0.15, -0.1) is 0 Å². The lowest BCUT2D eigenvalue weighted by Gasteiger charge is -2.05. The molecule has 0 spiro atoms. The summed E-state index contributed by atoms with van der Waals surface area (Å²) in [6, 6.07) is 1.85. The molecule has 0 unspecified atom stereocenters. The Hall–Kier alpha value is -1.13. The lowest BCUT2D eigenvalue weighted by molar-refractivity contribution is -0.127. The third-order valence-electron chi connectivity index (χ3n) is 1.33. The SMILES string of the molecule is Fc1cc(F)cc(CC(F)(F)F)c1. The first-order valence-corrected chi connectivity index (χ1v) is 3.38. The summed E-state index contributed by atoms with van der Waals surface area (Å²) in [5, 5.41) is 0. The maximum absolute atomic E-state index is 12.4. The monoisotopic (exact) mass is 196 g/mol. The number of rotatable bonds is 1. The standard InChI is InChI=1S/C8H5F5/c9-6-1-5(2-7(10)3-6)4-8(11,12)13/h1-3H,4H2. The van der Waals surface area contributed by atoms with Crippen molar-refractivity contribution in [1.82, 2.24) is 0 Å². The number of hydrogen-bond donors (Lipinski definition) is 0. The molecule has 0 saturated heterocycles. The molecule has 72 valence electrons. The van der Waals surface area contributed by atoms with Crippen LogP contribution in [0.1, 0.15) is 5.56 Å². The molecule has 0 fully saturated rings. The third kappa shape index (κ3) is 3.40. The van der Waals surface area contributed by atoms with Gasteiger partial charge in [-0.25, -0.2) is 8.78 Å². The topological polar surface area (TPSA) is 0 Å². The van der Waals surface area contributed by atoms with Crippen LogP contribution in [0.3, 0.4) is 0 Å². The fourth-order valence-electron chi connectivity index (χ4n) is 0.944. The van der Waals surface area contributed by atoms with Crippen LogP contribution in [-0.2, 0) is 6.42 Å². The first-order valence-electron chi connectivity index (χ1n) is 3.38. The van der Waals surface area contributed by atoms with Crippen LogP contribution >= 0.6 is 0 Å². The fourth-order valence-corrected chi connectivity index (χ4v) is 0.944. The predicted octanol–water partition coefficient (Wildman–Crippen LogP) is 3.07. The summed E-state index contributed by atoms with van der Waals surface area (Å²) in [6.45, 7) is 0. The minimum Gasteiger partial charge on any atom is -0.207 e. The van der Waals surface area contributed by atoms with E-state index in [4.69, 9.17) is 0 Å². The van der Waals surface area contributed by atoms with E-state index in [1.165, 1.54) is 0 Å². The van der Waals surface area contributed by atoms with E-state index in [0.29, 0.717) is 18.2 Å². The minimum atomic E-state index is -4.44. The van der Waals surface area contributed by atoms with Crippen LogP contribution in [-0.4, -0.2) is 6.18 Å². The first-order chi connectivity index (χ1) is 5.87. The Morgan fingerprint density at radius 3 is 1.77 bits per heavy atom. The van der Waals surface area contributed by atoms with E-state index >= 15 is 0 Å². The van der Waals surface area contributed by atoms with E-state index in [0.717, 1.165) is 0 Å². The zero-order valence-electron chi connectivity index (χ0n) is 6.33. The van der Waals surface area contributed by atoms with Crippen LogP contribution in [0.15, 0.2) is 18.2 Å². The van der Waals surface area contributed by atoms with Crippen molar-refractivity contribution < 1.29 is 22.0 Å². The third-order valence-corrected chi connectivity index (χ3v) is 1.33. The first kappa shape index (κ1) is 9.95. The maximum Gasteiger partial charge on any atom is 0.393 e. The predicted molar refractivity (Wildman–Crippen MR) is 36.1 cm³/mol. The molecule has 1 aromatic rings. The highest BCUT2D eigenvalue weighted by molar-refractivity contribution is 5.18. The molecule has 0 nitrogen and oxygen atoms in total. The minimum absolute atomic E-state index is 0.412. The summed E-state index contributed by atoms with van der Waals surface area (Å²) < 4.78 is 60.1. The van der Waals surface area contributed by atoms with Crippen LogP contribution in [0.5, 0.6) is 0 Å². The molecule has 13 heavy (non-hydrogen) atoms. The molecular weight excluding hydrogens is 191 g/mol. The Morgan fingerprint density at radius 2 is 1.38 bits per heavy atom. The highest BCUT2D eigenvalue weighted by Crippen LogP contribution is 2.22. The molecule has 0 aromatic heterocycles. The van der Waals surface area contributed by atoms with Crippen molar-refractivity contribution in [2.75, 3.05) is 0 Å². The van der Waals surface area contributed by atoms with Gasteiger partial charge in [-0.05, 0) is 17.7 Å². The van der Waals surface area contributed by atoms with E-state index < -0.39 is 29.8 Å². The second-order valence-corrected chi connectivity index (χ2v) is 2.57. The van der Waals surface area contributed by atoms with Crippen molar-refractivity contribution in [2.24, 2.45) is 0 Å². The molecule has 0 amide bonds. The molecule has 0 radical (unpaired) electrons. The van der Waals surface area contributed by atoms with Gasteiger partial charge < -0.3 is 0 Å². The number of hydrogen-bond acceptors (Lipinski definition) is 0. The summed E-state index contributed by atoms with van der Waals surface area (Å²) in [6.07, 6.45) is -5.76. The summed E-state index contributed by atoms with van der Waals surface area (Å²) in [5.74, 6) is -2.00. The molecule has 1 rings (SSSR count). The van der Waals surface area contributed by atoms with Crippen molar-refractivity contribution in [3.8, 4) is 0 Å². The van der Waals surface area contributed by atoms with E-state index in [2.05, 4.69) is 0 Å². The van der Waals surface area contributed by atoms with Crippen molar-refractivity contribution >= 4 is 0 Å². The molecule has 0 aliphatic heterocycles. The van der Waals surface area contributed by atoms with Gasteiger partial charge in [-0.2, -0.15) is 13.2 Å². The van der Waals surface area contributed by atoms with Gasteiger partial charge in [-0.1, -0.05) is 0 Å². The molecule has 0 aliphatic rings. The van der Waals surface area contributed by atoms with Crippen molar-refractivity contribution in [1.29, 1.82) is 0 Å². The molecule has 1 aromatic carbocycles. The van der Waals surface area contributed by atoms with Gasteiger partial charge in [0.25, 0.3) is 0 Å². The molecular formula is C8H5F5. The second-order valence-electron chi connectivity index (χ2n) is 2.57. The lowest BCUT2D eigenvalue weighted by atomic mass is 10.1. The Balaban J connectivity index is 2.90. The smallest absolute Gasteiger partial charge is 0.207 e. The Bertz CT molecular complexity index is 282. The van der Waals surface area contributed by atoms with Gasteiger partial charge in [0.15, 0.2) is 0 Å². The normalized spacial score (nSPS) is 11.8. The van der Waals surface area contributed by atoms with E-state index in [9.17, 15) is 22.0 Å². The number of benzene rings is 1. The van der Waals surface area contributed by atoms with E-state index in [1.807, 2.05) is 0 Å². The van der Waals surface area contributed by atoms with Gasteiger partial charge in [0.05, 0.1) is 6.42 Å². The second kappa shape index (κ2) is 3.32. The van der Waals surface area contributed by atoms with Crippen LogP contribution in [0.4, 0.5) is 22.0 Å². The zero-order valence-corrected chi connectivity index (χ0v) is 6.33. The molecule has 0 N–H and O–H groups in total. The molecule has 0 heterocycles. The summed E-state index contributed by atoms with van der Waals surface area (Å²) in [5.41, 5.74) is -0.412. The zero-order chi connectivity index (χ0) is 10.1. The number of alkyl halides is 3. The average molecular weight is 196 g/mol. The fraction of sp³-hybridized carbons (Fsp3) is 0.250. The van der Waals surface area contributed by atoms with Gasteiger partial charge >= 0.3 is 6.18 Å². The van der Waals surface area contributed by atoms with Gasteiger partial charge in [0.2, 0.25) is 0 Å². The van der Waals surface area contributed by atoms with Gasteiger partial charge in [0, 0.05) is 6.07 Å².